The highest BCUT2D eigenvalue weighted by molar-refractivity contribution is 5.77. The number of aliphatic carboxylic acids is 1. The lowest BCUT2D eigenvalue weighted by atomic mass is 9.93. The monoisotopic (exact) mass is 295 g/mol. The van der Waals surface area contributed by atoms with Gasteiger partial charge in [-0.15, -0.1) is 0 Å². The van der Waals surface area contributed by atoms with Crippen LogP contribution in [0.1, 0.15) is 24.8 Å². The van der Waals surface area contributed by atoms with Gasteiger partial charge < -0.3 is 10.8 Å². The van der Waals surface area contributed by atoms with Gasteiger partial charge in [-0.2, -0.15) is 0 Å². The van der Waals surface area contributed by atoms with Crippen molar-refractivity contribution in [2.24, 2.45) is 11.1 Å². The molecule has 3 heteroatoms. The van der Waals surface area contributed by atoms with Crippen LogP contribution in [0.15, 0.2) is 54.6 Å². The van der Waals surface area contributed by atoms with Gasteiger partial charge >= 0.3 is 5.97 Å². The average Bonchev–Trinajstić information content (AvgIpc) is 3.30. The van der Waals surface area contributed by atoms with Crippen molar-refractivity contribution in [2.75, 3.05) is 0 Å². The number of carboxylic acid groups (broad SMARTS) is 1. The molecule has 114 valence electrons. The fraction of sp³-hybridized carbons (Fsp3) is 0.316. The van der Waals surface area contributed by atoms with Crippen LogP contribution in [0.4, 0.5) is 0 Å². The van der Waals surface area contributed by atoms with Gasteiger partial charge in [0.1, 0.15) is 0 Å². The van der Waals surface area contributed by atoms with E-state index >= 15 is 0 Å². The van der Waals surface area contributed by atoms with Gasteiger partial charge in [0, 0.05) is 6.04 Å². The SMILES string of the molecule is N[C@@H](Cc1ccc(-c2ccccc2)cc1)CC1(C(=O)O)CC1. The first-order valence-corrected chi connectivity index (χ1v) is 7.72. The Morgan fingerprint density at radius 1 is 1.05 bits per heavy atom. The second-order valence-electron chi connectivity index (χ2n) is 6.32. The lowest BCUT2D eigenvalue weighted by molar-refractivity contribution is -0.143. The Balaban J connectivity index is 1.63. The highest BCUT2D eigenvalue weighted by atomic mass is 16.4. The Morgan fingerprint density at radius 3 is 2.18 bits per heavy atom. The van der Waals surface area contributed by atoms with Crippen LogP contribution >= 0.6 is 0 Å². The highest BCUT2D eigenvalue weighted by Crippen LogP contribution is 2.49. The number of rotatable bonds is 6. The lowest BCUT2D eigenvalue weighted by Crippen LogP contribution is -2.30. The van der Waals surface area contributed by atoms with Crippen molar-refractivity contribution in [3.8, 4) is 11.1 Å². The maximum Gasteiger partial charge on any atom is 0.309 e. The third-order valence-electron chi connectivity index (χ3n) is 4.52. The third kappa shape index (κ3) is 3.20. The van der Waals surface area contributed by atoms with E-state index in [9.17, 15) is 9.90 Å². The van der Waals surface area contributed by atoms with Crippen LogP contribution in [0.3, 0.4) is 0 Å². The Bertz CT molecular complexity index is 645. The van der Waals surface area contributed by atoms with Gasteiger partial charge in [0.05, 0.1) is 5.41 Å². The zero-order valence-electron chi connectivity index (χ0n) is 12.5. The van der Waals surface area contributed by atoms with E-state index < -0.39 is 11.4 Å². The predicted molar refractivity (Wildman–Crippen MR) is 87.5 cm³/mol. The fourth-order valence-electron chi connectivity index (χ4n) is 3.00. The summed E-state index contributed by atoms with van der Waals surface area (Å²) in [6.45, 7) is 0. The molecule has 1 aliphatic rings. The molecule has 1 atom stereocenters. The predicted octanol–water partition coefficient (Wildman–Crippen LogP) is 3.48. The minimum absolute atomic E-state index is 0.0961. The average molecular weight is 295 g/mol. The molecule has 3 N–H and O–H groups in total. The molecule has 0 unspecified atom stereocenters. The van der Waals surface area contributed by atoms with Crippen molar-refractivity contribution in [3.05, 3.63) is 60.2 Å². The maximum atomic E-state index is 11.2. The van der Waals surface area contributed by atoms with Gasteiger partial charge in [0.15, 0.2) is 0 Å². The van der Waals surface area contributed by atoms with E-state index in [1.165, 1.54) is 11.1 Å². The van der Waals surface area contributed by atoms with Gasteiger partial charge in [0.25, 0.3) is 0 Å². The summed E-state index contributed by atoms with van der Waals surface area (Å²) in [5.41, 5.74) is 9.16. The van der Waals surface area contributed by atoms with Crippen LogP contribution in [-0.2, 0) is 11.2 Å². The molecular formula is C19H21NO2. The van der Waals surface area contributed by atoms with Crippen molar-refractivity contribution in [1.82, 2.24) is 0 Å². The smallest absolute Gasteiger partial charge is 0.309 e. The molecule has 3 nitrogen and oxygen atoms in total. The summed E-state index contributed by atoms with van der Waals surface area (Å²) in [4.78, 5) is 11.2. The topological polar surface area (TPSA) is 63.3 Å². The molecule has 0 heterocycles. The van der Waals surface area contributed by atoms with E-state index in [4.69, 9.17) is 5.73 Å². The molecule has 2 aromatic rings. The second kappa shape index (κ2) is 5.93. The minimum atomic E-state index is -0.692. The lowest BCUT2D eigenvalue weighted by Gasteiger charge is -2.16. The quantitative estimate of drug-likeness (QED) is 0.857. The molecule has 3 rings (SSSR count). The van der Waals surface area contributed by atoms with E-state index in [2.05, 4.69) is 36.4 Å². The Morgan fingerprint density at radius 2 is 1.64 bits per heavy atom. The van der Waals surface area contributed by atoms with Crippen molar-refractivity contribution in [2.45, 2.75) is 31.7 Å². The molecule has 1 aliphatic carbocycles. The van der Waals surface area contributed by atoms with Crippen LogP contribution in [0.25, 0.3) is 11.1 Å². The first-order valence-electron chi connectivity index (χ1n) is 7.72. The Hall–Kier alpha value is -2.13. The summed E-state index contributed by atoms with van der Waals surface area (Å²) in [7, 11) is 0. The second-order valence-corrected chi connectivity index (χ2v) is 6.32. The highest BCUT2D eigenvalue weighted by Gasteiger charge is 2.50. The molecule has 0 saturated heterocycles. The Labute approximate surface area is 130 Å². The fourth-order valence-corrected chi connectivity index (χ4v) is 3.00. The zero-order chi connectivity index (χ0) is 15.6. The molecule has 0 amide bonds. The number of carbonyl (C=O) groups is 1. The number of hydrogen-bond acceptors (Lipinski definition) is 2. The first kappa shape index (κ1) is 14.8. The van der Waals surface area contributed by atoms with Crippen molar-refractivity contribution in [3.63, 3.8) is 0 Å². The maximum absolute atomic E-state index is 11.2. The largest absolute Gasteiger partial charge is 0.481 e. The normalized spacial score (nSPS) is 17.0. The van der Waals surface area contributed by atoms with Crippen molar-refractivity contribution >= 4 is 5.97 Å². The summed E-state index contributed by atoms with van der Waals surface area (Å²) in [5, 5.41) is 9.23. The minimum Gasteiger partial charge on any atom is -0.481 e. The van der Waals surface area contributed by atoms with Crippen LogP contribution in [0.5, 0.6) is 0 Å². The molecule has 1 fully saturated rings. The number of benzene rings is 2. The summed E-state index contributed by atoms with van der Waals surface area (Å²) in [6, 6.07) is 18.5. The molecule has 22 heavy (non-hydrogen) atoms. The van der Waals surface area contributed by atoms with E-state index in [-0.39, 0.29) is 6.04 Å². The number of hydrogen-bond donors (Lipinski definition) is 2. The van der Waals surface area contributed by atoms with Crippen LogP contribution in [0, 0.1) is 5.41 Å². The standard InChI is InChI=1S/C19H21NO2/c20-17(13-19(10-11-19)18(21)22)12-14-6-8-16(9-7-14)15-4-2-1-3-5-15/h1-9,17H,10-13,20H2,(H,21,22)/t17-/m0/s1. The number of carboxylic acids is 1. The molecule has 2 aromatic carbocycles. The van der Waals surface area contributed by atoms with E-state index in [0.29, 0.717) is 6.42 Å². The van der Waals surface area contributed by atoms with E-state index in [0.717, 1.165) is 24.8 Å². The van der Waals surface area contributed by atoms with Crippen molar-refractivity contribution < 1.29 is 9.90 Å². The first-order chi connectivity index (χ1) is 10.6. The molecule has 0 spiro atoms. The van der Waals surface area contributed by atoms with Crippen LogP contribution < -0.4 is 5.73 Å². The van der Waals surface area contributed by atoms with Gasteiger partial charge in [-0.25, -0.2) is 0 Å². The van der Waals surface area contributed by atoms with E-state index in [1.807, 2.05) is 18.2 Å². The molecule has 0 aliphatic heterocycles. The summed E-state index contributed by atoms with van der Waals surface area (Å²) < 4.78 is 0. The summed E-state index contributed by atoms with van der Waals surface area (Å²) in [5.74, 6) is -0.692. The number of nitrogens with two attached hydrogens (primary N) is 1. The van der Waals surface area contributed by atoms with Gasteiger partial charge in [-0.1, -0.05) is 54.6 Å². The van der Waals surface area contributed by atoms with Crippen molar-refractivity contribution in [1.29, 1.82) is 0 Å². The molecule has 0 bridgehead atoms. The van der Waals surface area contributed by atoms with Gasteiger partial charge in [-0.05, 0) is 42.4 Å². The van der Waals surface area contributed by atoms with E-state index in [1.54, 1.807) is 0 Å². The summed E-state index contributed by atoms with van der Waals surface area (Å²) in [6.07, 6.45) is 2.83. The zero-order valence-corrected chi connectivity index (χ0v) is 12.5. The summed E-state index contributed by atoms with van der Waals surface area (Å²) >= 11 is 0. The van der Waals surface area contributed by atoms with Crippen LogP contribution in [0.2, 0.25) is 0 Å². The molecule has 0 radical (unpaired) electrons. The van der Waals surface area contributed by atoms with Gasteiger partial charge in [0.2, 0.25) is 0 Å². The van der Waals surface area contributed by atoms with Gasteiger partial charge in [-0.3, -0.25) is 4.79 Å². The third-order valence-corrected chi connectivity index (χ3v) is 4.52. The van der Waals surface area contributed by atoms with Crippen LogP contribution in [-0.4, -0.2) is 17.1 Å². The molecular weight excluding hydrogens is 274 g/mol. The molecule has 0 aromatic heterocycles. The Kier molecular flexibility index (Phi) is 3.99. The molecule has 1 saturated carbocycles.